The van der Waals surface area contributed by atoms with Crippen molar-refractivity contribution in [1.29, 1.82) is 0 Å². The van der Waals surface area contributed by atoms with Gasteiger partial charge < -0.3 is 14.8 Å². The molecule has 1 N–H and O–H groups in total. The Hall–Kier alpha value is -2.71. The summed E-state index contributed by atoms with van der Waals surface area (Å²) in [4.78, 5) is 37.6. The Morgan fingerprint density at radius 3 is 2.48 bits per heavy atom. The summed E-state index contributed by atoms with van der Waals surface area (Å²) in [6.07, 6.45) is 2.31. The van der Waals surface area contributed by atoms with E-state index in [1.165, 1.54) is 24.3 Å². The van der Waals surface area contributed by atoms with Crippen molar-refractivity contribution in [2.24, 2.45) is 0 Å². The van der Waals surface area contributed by atoms with E-state index in [-0.39, 0.29) is 32.6 Å². The van der Waals surface area contributed by atoms with Crippen LogP contribution in [0.15, 0.2) is 24.3 Å². The molecule has 0 unspecified atom stereocenters. The summed E-state index contributed by atoms with van der Waals surface area (Å²) >= 11 is 6.86. The first-order valence-electron chi connectivity index (χ1n) is 9.41. The average molecular weight is 468 g/mol. The predicted octanol–water partition coefficient (Wildman–Crippen LogP) is 5.63. The lowest BCUT2D eigenvalue weighted by Gasteiger charge is -2.19. The maximum Gasteiger partial charge on any atom is 0.349 e. The van der Waals surface area contributed by atoms with E-state index in [9.17, 15) is 18.8 Å². The Labute approximate surface area is 189 Å². The third-order valence-electron chi connectivity index (χ3n) is 3.85. The van der Waals surface area contributed by atoms with Crippen LogP contribution in [0.1, 0.15) is 58.9 Å². The fourth-order valence-corrected chi connectivity index (χ4v) is 3.85. The number of carbonyl (C=O) groups excluding carboxylic acids is 3. The summed E-state index contributed by atoms with van der Waals surface area (Å²) in [5.74, 6) is -2.51. The Bertz CT molecular complexity index is 1020. The third-order valence-corrected chi connectivity index (χ3v) is 5.37. The lowest BCUT2D eigenvalue weighted by Crippen LogP contribution is -2.23. The number of rotatable bonds is 6. The average Bonchev–Trinajstić information content (AvgIpc) is 2.96. The first-order valence-corrected chi connectivity index (χ1v) is 10.6. The van der Waals surface area contributed by atoms with Gasteiger partial charge in [0, 0.05) is 11.6 Å². The van der Waals surface area contributed by atoms with Gasteiger partial charge in [0.25, 0.3) is 0 Å². The van der Waals surface area contributed by atoms with Crippen LogP contribution in [-0.4, -0.2) is 30.1 Å². The fourth-order valence-electron chi connectivity index (χ4n) is 2.55. The zero-order valence-electron chi connectivity index (χ0n) is 17.8. The molecule has 0 spiro atoms. The van der Waals surface area contributed by atoms with Crippen LogP contribution in [0.2, 0.25) is 5.02 Å². The van der Waals surface area contributed by atoms with E-state index in [4.69, 9.17) is 21.1 Å². The monoisotopic (exact) mass is 467 g/mol. The zero-order chi connectivity index (χ0) is 23.3. The molecule has 0 saturated carbocycles. The van der Waals surface area contributed by atoms with E-state index < -0.39 is 29.3 Å². The molecule has 1 aromatic carbocycles. The van der Waals surface area contributed by atoms with Crippen molar-refractivity contribution in [2.75, 3.05) is 11.9 Å². The summed E-state index contributed by atoms with van der Waals surface area (Å²) in [6, 6.07) is 4.17. The highest BCUT2D eigenvalue weighted by Gasteiger charge is 2.29. The number of amides is 1. The number of carbonyl (C=O) groups is 3. The minimum atomic E-state index is -0.733. The van der Waals surface area contributed by atoms with Crippen molar-refractivity contribution < 1.29 is 28.2 Å². The molecule has 0 aliphatic heterocycles. The van der Waals surface area contributed by atoms with Gasteiger partial charge >= 0.3 is 11.9 Å². The number of anilines is 1. The normalized spacial score (nSPS) is 11.5. The van der Waals surface area contributed by atoms with Crippen molar-refractivity contribution in [1.82, 2.24) is 0 Å². The van der Waals surface area contributed by atoms with Crippen molar-refractivity contribution in [2.45, 2.75) is 40.2 Å². The van der Waals surface area contributed by atoms with E-state index in [2.05, 4.69) is 5.32 Å². The smallest absolute Gasteiger partial charge is 0.349 e. The SMILES string of the molecule is CCOC(=O)c1c(NC(=O)C=Cc2c(F)cccc2Cl)sc(C(=O)OC(C)(C)C)c1C. The maximum atomic E-state index is 13.9. The second kappa shape index (κ2) is 10.1. The molecule has 0 bridgehead atoms. The number of nitrogens with one attached hydrogen (secondary N) is 1. The van der Waals surface area contributed by atoms with E-state index >= 15 is 0 Å². The highest BCUT2D eigenvalue weighted by molar-refractivity contribution is 7.18. The highest BCUT2D eigenvalue weighted by Crippen LogP contribution is 2.35. The van der Waals surface area contributed by atoms with Gasteiger partial charge in [0.05, 0.1) is 17.2 Å². The van der Waals surface area contributed by atoms with Gasteiger partial charge in [-0.2, -0.15) is 0 Å². The quantitative estimate of drug-likeness (QED) is 0.439. The van der Waals surface area contributed by atoms with E-state index in [1.807, 2.05) is 0 Å². The lowest BCUT2D eigenvalue weighted by atomic mass is 10.1. The molecule has 166 valence electrons. The number of hydrogen-bond acceptors (Lipinski definition) is 6. The largest absolute Gasteiger partial charge is 0.462 e. The molecule has 0 atom stereocenters. The summed E-state index contributed by atoms with van der Waals surface area (Å²) in [6.45, 7) is 8.51. The summed E-state index contributed by atoms with van der Waals surface area (Å²) in [5, 5.41) is 2.84. The standard InChI is InChI=1S/C22H23ClFNO5S/c1-6-29-20(27)17-12(2)18(21(28)30-22(3,4)5)31-19(17)25-16(26)11-10-13-14(23)8-7-9-15(13)24/h7-11H,6H2,1-5H3,(H,25,26). The molecule has 0 aliphatic carbocycles. The molecule has 1 amide bonds. The zero-order valence-corrected chi connectivity index (χ0v) is 19.4. The molecule has 0 radical (unpaired) electrons. The Morgan fingerprint density at radius 2 is 1.90 bits per heavy atom. The molecule has 2 aromatic rings. The highest BCUT2D eigenvalue weighted by atomic mass is 35.5. The van der Waals surface area contributed by atoms with Crippen molar-refractivity contribution >= 4 is 51.9 Å². The van der Waals surface area contributed by atoms with Gasteiger partial charge in [-0.15, -0.1) is 11.3 Å². The minimum Gasteiger partial charge on any atom is -0.462 e. The number of esters is 2. The van der Waals surface area contributed by atoms with Crippen LogP contribution >= 0.6 is 22.9 Å². The number of ether oxygens (including phenoxy) is 2. The number of thiophene rings is 1. The molecule has 0 fully saturated rings. The molecule has 6 nitrogen and oxygen atoms in total. The van der Waals surface area contributed by atoms with E-state index in [0.29, 0.717) is 5.56 Å². The number of benzene rings is 1. The second-order valence-corrected chi connectivity index (χ2v) is 8.87. The van der Waals surface area contributed by atoms with Gasteiger partial charge in [-0.05, 0) is 58.4 Å². The van der Waals surface area contributed by atoms with Gasteiger partial charge in [0.1, 0.15) is 21.3 Å². The van der Waals surface area contributed by atoms with Gasteiger partial charge in [-0.1, -0.05) is 17.7 Å². The molecule has 0 aliphatic rings. The fraction of sp³-hybridized carbons (Fsp3) is 0.318. The van der Waals surface area contributed by atoms with E-state index in [1.54, 1.807) is 34.6 Å². The first kappa shape index (κ1) is 24.6. The molecule has 9 heteroatoms. The third kappa shape index (κ3) is 6.38. The molecule has 2 rings (SSSR count). The summed E-state index contributed by atoms with van der Waals surface area (Å²) in [7, 11) is 0. The Morgan fingerprint density at radius 1 is 1.23 bits per heavy atom. The minimum absolute atomic E-state index is 0.0572. The summed E-state index contributed by atoms with van der Waals surface area (Å²) in [5.41, 5.74) is -0.266. The van der Waals surface area contributed by atoms with Gasteiger partial charge in [0.15, 0.2) is 0 Å². The molecule has 1 aromatic heterocycles. The number of hydrogen-bond donors (Lipinski definition) is 1. The van der Waals surface area contributed by atoms with Crippen molar-refractivity contribution in [3.05, 3.63) is 56.7 Å². The summed E-state index contributed by atoms with van der Waals surface area (Å²) < 4.78 is 24.3. The topological polar surface area (TPSA) is 81.7 Å². The van der Waals surface area contributed by atoms with Crippen molar-refractivity contribution in [3.63, 3.8) is 0 Å². The predicted molar refractivity (Wildman–Crippen MR) is 119 cm³/mol. The van der Waals surface area contributed by atoms with Crippen LogP contribution in [0.3, 0.4) is 0 Å². The lowest BCUT2D eigenvalue weighted by molar-refractivity contribution is -0.111. The van der Waals surface area contributed by atoms with Crippen LogP contribution in [0.4, 0.5) is 9.39 Å². The van der Waals surface area contributed by atoms with Crippen LogP contribution in [0.5, 0.6) is 0 Å². The molecular formula is C22H23ClFNO5S. The van der Waals surface area contributed by atoms with Gasteiger partial charge in [-0.3, -0.25) is 4.79 Å². The van der Waals surface area contributed by atoms with Gasteiger partial charge in [-0.25, -0.2) is 14.0 Å². The van der Waals surface area contributed by atoms with Crippen LogP contribution < -0.4 is 5.32 Å². The Balaban J connectivity index is 2.36. The van der Waals surface area contributed by atoms with Crippen LogP contribution in [0, 0.1) is 12.7 Å². The number of halogens is 2. The second-order valence-electron chi connectivity index (χ2n) is 7.44. The van der Waals surface area contributed by atoms with E-state index in [0.717, 1.165) is 17.4 Å². The molecular weight excluding hydrogens is 445 g/mol. The molecule has 31 heavy (non-hydrogen) atoms. The molecule has 0 saturated heterocycles. The van der Waals surface area contributed by atoms with Crippen molar-refractivity contribution in [3.8, 4) is 0 Å². The Kier molecular flexibility index (Phi) is 7.97. The van der Waals surface area contributed by atoms with Gasteiger partial charge in [0.2, 0.25) is 5.91 Å². The first-order chi connectivity index (χ1) is 14.4. The maximum absolute atomic E-state index is 13.9. The molecule has 1 heterocycles. The van der Waals surface area contributed by atoms with Crippen LogP contribution in [0.25, 0.3) is 6.08 Å². The van der Waals surface area contributed by atoms with Crippen LogP contribution in [-0.2, 0) is 14.3 Å².